The minimum absolute atomic E-state index is 0.247. The van der Waals surface area contributed by atoms with Gasteiger partial charge in [-0.1, -0.05) is 60.7 Å². The van der Waals surface area contributed by atoms with Gasteiger partial charge < -0.3 is 14.9 Å². The molecule has 0 unspecified atom stereocenters. The average molecular weight is 447 g/mol. The fourth-order valence-corrected chi connectivity index (χ4v) is 3.94. The van der Waals surface area contributed by atoms with Crippen molar-refractivity contribution in [3.05, 3.63) is 84.4 Å². The molecule has 4 aromatic rings. The molecule has 2 N–H and O–H groups in total. The number of ether oxygens (including phenoxy) is 1. The number of aromatic nitrogens is 4. The van der Waals surface area contributed by atoms with E-state index in [1.807, 2.05) is 60.7 Å². The maximum Gasteiger partial charge on any atom is 0.184 e. The van der Waals surface area contributed by atoms with Crippen molar-refractivity contribution in [1.82, 2.24) is 19.5 Å². The number of rotatable bonds is 8. The quantitative estimate of drug-likeness (QED) is 0.397. The largest absolute Gasteiger partial charge is 0.394 e. The molecule has 0 spiro atoms. The molecule has 3 heterocycles. The fraction of sp³-hybridized carbons (Fsp3) is 0.292. The van der Waals surface area contributed by atoms with E-state index in [1.54, 1.807) is 16.0 Å². The van der Waals surface area contributed by atoms with Gasteiger partial charge in [0.05, 0.1) is 32.2 Å². The second kappa shape index (κ2) is 9.63. The van der Waals surface area contributed by atoms with Crippen LogP contribution in [-0.2, 0) is 22.7 Å². The van der Waals surface area contributed by atoms with Crippen LogP contribution in [0.25, 0.3) is 11.2 Å². The van der Waals surface area contributed by atoms with Crippen LogP contribution in [0.2, 0.25) is 0 Å². The van der Waals surface area contributed by atoms with E-state index >= 15 is 0 Å². The Balaban J connectivity index is 1.47. The van der Waals surface area contributed by atoms with Gasteiger partial charge in [0.2, 0.25) is 0 Å². The highest BCUT2D eigenvalue weighted by Gasteiger charge is 2.35. The normalized spacial score (nSPS) is 20.4. The minimum atomic E-state index is -0.748. The Bertz CT molecular complexity index is 1190. The lowest BCUT2D eigenvalue weighted by Crippen LogP contribution is -2.24. The molecule has 0 radical (unpaired) electrons. The topological polar surface area (TPSA) is 106 Å². The van der Waals surface area contributed by atoms with Crippen molar-refractivity contribution >= 4 is 17.0 Å². The Labute approximate surface area is 190 Å². The lowest BCUT2D eigenvalue weighted by Gasteiger charge is -2.23. The molecule has 9 heteroatoms. The first-order chi connectivity index (χ1) is 16.2. The average Bonchev–Trinajstić information content (AvgIpc) is 3.46. The van der Waals surface area contributed by atoms with Crippen molar-refractivity contribution in [2.75, 3.05) is 11.7 Å². The van der Waals surface area contributed by atoms with Gasteiger partial charge in [-0.05, 0) is 11.1 Å². The van der Waals surface area contributed by atoms with E-state index in [-0.39, 0.29) is 6.61 Å². The second-order valence-corrected chi connectivity index (χ2v) is 7.92. The summed E-state index contributed by atoms with van der Waals surface area (Å²) in [6, 6.07) is 19.9. The first-order valence-corrected chi connectivity index (χ1v) is 10.8. The zero-order valence-electron chi connectivity index (χ0n) is 17.9. The predicted molar refractivity (Wildman–Crippen MR) is 121 cm³/mol. The zero-order chi connectivity index (χ0) is 22.6. The molecular weight excluding hydrogens is 422 g/mol. The van der Waals surface area contributed by atoms with Crippen LogP contribution >= 0.6 is 0 Å². The molecule has 0 amide bonds. The van der Waals surface area contributed by atoms with E-state index in [0.717, 1.165) is 11.1 Å². The van der Waals surface area contributed by atoms with Gasteiger partial charge in [0.25, 0.3) is 0 Å². The van der Waals surface area contributed by atoms with Gasteiger partial charge in [0.15, 0.2) is 17.0 Å². The number of hydrogen-bond donors (Lipinski definition) is 2. The molecule has 2 aromatic carbocycles. The monoisotopic (exact) mass is 447 g/mol. The Kier molecular flexibility index (Phi) is 6.27. The third kappa shape index (κ3) is 4.57. The van der Waals surface area contributed by atoms with Crippen LogP contribution in [0, 0.1) is 0 Å². The zero-order valence-corrected chi connectivity index (χ0v) is 17.9. The number of aliphatic hydroxyl groups is 2. The SMILES string of the molecule is OC[C@H]1O[C@@H](n2cnc3c(N(Cc4ccccc4)OCc4ccccc4)ncnc32)C[C@@H]1O. The molecular formula is C24H25N5O4. The highest BCUT2D eigenvalue weighted by Crippen LogP contribution is 2.32. The lowest BCUT2D eigenvalue weighted by atomic mass is 10.2. The number of fused-ring (bicyclic) bond motifs is 1. The predicted octanol–water partition coefficient (Wildman–Crippen LogP) is 2.61. The van der Waals surface area contributed by atoms with Gasteiger partial charge in [-0.2, -0.15) is 0 Å². The molecule has 2 aromatic heterocycles. The van der Waals surface area contributed by atoms with Gasteiger partial charge in [0, 0.05) is 6.42 Å². The Morgan fingerprint density at radius 3 is 2.42 bits per heavy atom. The number of hydroxylamine groups is 1. The van der Waals surface area contributed by atoms with E-state index in [2.05, 4.69) is 15.0 Å². The van der Waals surface area contributed by atoms with Crippen LogP contribution in [0.1, 0.15) is 23.8 Å². The maximum absolute atomic E-state index is 10.1. The Morgan fingerprint density at radius 2 is 1.73 bits per heavy atom. The number of hydrogen-bond acceptors (Lipinski definition) is 8. The Hall–Kier alpha value is -3.37. The molecule has 5 rings (SSSR count). The Morgan fingerprint density at radius 1 is 1.00 bits per heavy atom. The van der Waals surface area contributed by atoms with E-state index in [9.17, 15) is 10.2 Å². The summed E-state index contributed by atoms with van der Waals surface area (Å²) in [7, 11) is 0. The summed E-state index contributed by atoms with van der Waals surface area (Å²) in [4.78, 5) is 19.6. The third-order valence-corrected chi connectivity index (χ3v) is 5.67. The van der Waals surface area contributed by atoms with Crippen molar-refractivity contribution in [3.63, 3.8) is 0 Å². The molecule has 3 atom stereocenters. The first kappa shape index (κ1) is 21.5. The third-order valence-electron chi connectivity index (χ3n) is 5.67. The molecule has 0 bridgehead atoms. The van der Waals surface area contributed by atoms with Crippen LogP contribution in [0.15, 0.2) is 73.3 Å². The van der Waals surface area contributed by atoms with E-state index in [4.69, 9.17) is 9.57 Å². The van der Waals surface area contributed by atoms with Crippen LogP contribution < -0.4 is 5.06 Å². The van der Waals surface area contributed by atoms with Gasteiger partial charge >= 0.3 is 0 Å². The van der Waals surface area contributed by atoms with Gasteiger partial charge in [-0.3, -0.25) is 9.40 Å². The summed E-state index contributed by atoms with van der Waals surface area (Å²) in [5, 5.41) is 21.3. The second-order valence-electron chi connectivity index (χ2n) is 7.92. The van der Waals surface area contributed by atoms with Gasteiger partial charge in [-0.15, -0.1) is 0 Å². The smallest absolute Gasteiger partial charge is 0.184 e. The molecule has 33 heavy (non-hydrogen) atoms. The summed E-state index contributed by atoms with van der Waals surface area (Å²) in [6.07, 6.45) is 1.58. The van der Waals surface area contributed by atoms with Crippen LogP contribution in [0.4, 0.5) is 5.82 Å². The molecule has 1 fully saturated rings. The van der Waals surface area contributed by atoms with E-state index < -0.39 is 18.4 Å². The van der Waals surface area contributed by atoms with Crippen LogP contribution in [0.5, 0.6) is 0 Å². The lowest BCUT2D eigenvalue weighted by molar-refractivity contribution is -0.0432. The molecule has 1 aliphatic heterocycles. The fourth-order valence-electron chi connectivity index (χ4n) is 3.94. The molecule has 170 valence electrons. The number of anilines is 1. The van der Waals surface area contributed by atoms with Gasteiger partial charge in [0.1, 0.15) is 18.7 Å². The van der Waals surface area contributed by atoms with Crippen molar-refractivity contribution in [1.29, 1.82) is 0 Å². The number of nitrogens with zero attached hydrogens (tertiary/aromatic N) is 5. The summed E-state index contributed by atoms with van der Waals surface area (Å²) >= 11 is 0. The number of aliphatic hydroxyl groups excluding tert-OH is 2. The van der Waals surface area contributed by atoms with E-state index in [1.165, 1.54) is 6.33 Å². The number of benzene rings is 2. The summed E-state index contributed by atoms with van der Waals surface area (Å²) in [6.45, 7) is 0.594. The summed E-state index contributed by atoms with van der Waals surface area (Å²) in [5.41, 5.74) is 3.23. The standard InChI is InChI=1S/C24H25N5O4/c30-13-20-19(31)11-21(33-20)28-16-27-22-23(28)25-15-26-24(22)29(12-17-7-3-1-4-8-17)32-14-18-9-5-2-6-10-18/h1-10,15-16,19-21,30-31H,11-14H2/t19-,20+,21+/m0/s1. The summed E-state index contributed by atoms with van der Waals surface area (Å²) < 4.78 is 7.56. The molecule has 9 nitrogen and oxygen atoms in total. The molecule has 0 aliphatic carbocycles. The van der Waals surface area contributed by atoms with Crippen molar-refractivity contribution in [2.24, 2.45) is 0 Å². The molecule has 1 aliphatic rings. The minimum Gasteiger partial charge on any atom is -0.394 e. The highest BCUT2D eigenvalue weighted by molar-refractivity contribution is 5.82. The van der Waals surface area contributed by atoms with Crippen molar-refractivity contribution < 1.29 is 19.8 Å². The maximum atomic E-state index is 10.1. The number of imidazole rings is 1. The van der Waals surface area contributed by atoms with Crippen LogP contribution in [0.3, 0.4) is 0 Å². The summed E-state index contributed by atoms with van der Waals surface area (Å²) in [5.74, 6) is 0.538. The first-order valence-electron chi connectivity index (χ1n) is 10.8. The van der Waals surface area contributed by atoms with Crippen molar-refractivity contribution in [2.45, 2.75) is 38.0 Å². The molecule has 1 saturated heterocycles. The van der Waals surface area contributed by atoms with E-state index in [0.29, 0.717) is 36.6 Å². The van der Waals surface area contributed by atoms with Gasteiger partial charge in [-0.25, -0.2) is 20.0 Å². The highest BCUT2D eigenvalue weighted by atomic mass is 16.7. The van der Waals surface area contributed by atoms with Crippen LogP contribution in [-0.4, -0.2) is 48.5 Å². The van der Waals surface area contributed by atoms with Crippen molar-refractivity contribution in [3.8, 4) is 0 Å². The molecule has 0 saturated carbocycles.